The Morgan fingerprint density at radius 2 is 2.14 bits per heavy atom. The van der Waals surface area contributed by atoms with Crippen molar-refractivity contribution in [3.05, 3.63) is 24.2 Å². The number of fused-ring (bicyclic) bond motifs is 1. The van der Waals surface area contributed by atoms with Crippen LogP contribution in [0.25, 0.3) is 11.2 Å². The molecule has 0 spiro atoms. The molecule has 7 nitrogen and oxygen atoms in total. The lowest BCUT2D eigenvalue weighted by atomic mass is 9.96. The highest BCUT2D eigenvalue weighted by atomic mass is 16.5. The van der Waals surface area contributed by atoms with E-state index in [0.717, 1.165) is 0 Å². The van der Waals surface area contributed by atoms with Crippen LogP contribution < -0.4 is 0 Å². The Morgan fingerprint density at radius 1 is 1.36 bits per heavy atom. The van der Waals surface area contributed by atoms with E-state index in [1.807, 2.05) is 0 Å². The highest BCUT2D eigenvalue weighted by Gasteiger charge is 2.29. The minimum atomic E-state index is -0.158. The summed E-state index contributed by atoms with van der Waals surface area (Å²) in [6.07, 6.45) is 4.40. The first-order valence-electron chi connectivity index (χ1n) is 7.44. The fourth-order valence-corrected chi connectivity index (χ4v) is 2.78. The summed E-state index contributed by atoms with van der Waals surface area (Å²) in [6, 6.07) is 1.69. The third kappa shape index (κ3) is 2.66. The minimum absolute atomic E-state index is 0.0565. The summed E-state index contributed by atoms with van der Waals surface area (Å²) in [6.45, 7) is 3.31. The molecule has 116 valence electrons. The number of carbonyl (C=O) groups is 2. The van der Waals surface area contributed by atoms with Crippen molar-refractivity contribution in [3.8, 4) is 0 Å². The number of likely N-dealkylation sites (tertiary alicyclic amines) is 1. The lowest BCUT2D eigenvalue weighted by Gasteiger charge is -2.31. The second kappa shape index (κ2) is 6.13. The van der Waals surface area contributed by atoms with Crippen molar-refractivity contribution in [2.75, 3.05) is 19.7 Å². The summed E-state index contributed by atoms with van der Waals surface area (Å²) >= 11 is 0. The molecule has 3 heterocycles. The minimum Gasteiger partial charge on any atom is -0.466 e. The van der Waals surface area contributed by atoms with Gasteiger partial charge in [0.2, 0.25) is 0 Å². The highest BCUT2D eigenvalue weighted by molar-refractivity contribution is 6.03. The Labute approximate surface area is 127 Å². The van der Waals surface area contributed by atoms with Crippen LogP contribution in [0.2, 0.25) is 0 Å². The van der Waals surface area contributed by atoms with Crippen molar-refractivity contribution in [2.24, 2.45) is 5.92 Å². The third-order valence-corrected chi connectivity index (χ3v) is 3.96. The van der Waals surface area contributed by atoms with Crippen LogP contribution in [-0.2, 0) is 9.53 Å². The molecule has 0 saturated carbocycles. The lowest BCUT2D eigenvalue weighted by molar-refractivity contribution is -0.149. The van der Waals surface area contributed by atoms with Gasteiger partial charge in [-0.1, -0.05) is 0 Å². The van der Waals surface area contributed by atoms with Crippen molar-refractivity contribution >= 4 is 23.0 Å². The van der Waals surface area contributed by atoms with Crippen LogP contribution in [0.1, 0.15) is 30.1 Å². The fourth-order valence-electron chi connectivity index (χ4n) is 2.78. The summed E-state index contributed by atoms with van der Waals surface area (Å²) in [4.78, 5) is 37.3. The number of hydrogen-bond acceptors (Lipinski definition) is 5. The molecule has 0 bridgehead atoms. The Morgan fingerprint density at radius 3 is 2.86 bits per heavy atom. The number of ether oxygens (including phenoxy) is 1. The molecule has 3 rings (SSSR count). The largest absolute Gasteiger partial charge is 0.466 e. The van der Waals surface area contributed by atoms with Crippen molar-refractivity contribution < 1.29 is 14.3 Å². The van der Waals surface area contributed by atoms with Gasteiger partial charge in [0, 0.05) is 19.3 Å². The van der Waals surface area contributed by atoms with E-state index in [9.17, 15) is 9.59 Å². The van der Waals surface area contributed by atoms with Gasteiger partial charge in [0.25, 0.3) is 5.91 Å². The molecule has 1 amide bonds. The number of piperidine rings is 1. The van der Waals surface area contributed by atoms with Crippen LogP contribution in [0, 0.1) is 5.92 Å². The highest BCUT2D eigenvalue weighted by Crippen LogP contribution is 2.22. The van der Waals surface area contributed by atoms with Gasteiger partial charge in [-0.25, -0.2) is 9.97 Å². The maximum Gasteiger partial charge on any atom is 0.309 e. The molecule has 2 aromatic heterocycles. The third-order valence-electron chi connectivity index (χ3n) is 3.96. The monoisotopic (exact) mass is 302 g/mol. The number of pyridine rings is 1. The number of carbonyl (C=O) groups excluding carboxylic acids is 2. The number of nitrogens with one attached hydrogen (secondary N) is 1. The molecule has 0 aromatic carbocycles. The zero-order chi connectivity index (χ0) is 15.5. The van der Waals surface area contributed by atoms with E-state index in [-0.39, 0.29) is 17.8 Å². The van der Waals surface area contributed by atoms with Gasteiger partial charge in [-0.15, -0.1) is 0 Å². The number of hydrogen-bond donors (Lipinski definition) is 1. The van der Waals surface area contributed by atoms with Crippen LogP contribution in [0.5, 0.6) is 0 Å². The Kier molecular flexibility index (Phi) is 4.04. The molecule has 1 saturated heterocycles. The van der Waals surface area contributed by atoms with E-state index >= 15 is 0 Å². The molecule has 2 aromatic rings. The average Bonchev–Trinajstić information content (AvgIpc) is 3.03. The molecule has 0 radical (unpaired) electrons. The average molecular weight is 302 g/mol. The van der Waals surface area contributed by atoms with Gasteiger partial charge in [0.1, 0.15) is 0 Å². The van der Waals surface area contributed by atoms with Gasteiger partial charge in [-0.05, 0) is 25.8 Å². The van der Waals surface area contributed by atoms with E-state index < -0.39 is 0 Å². The standard InChI is InChI=1S/C15H18N4O3/c1-2-22-15(21)10-4-7-19(8-5-10)14(20)11-3-6-16-13-12(11)17-9-18-13/h3,6,9-10H,2,4-5,7-8H2,1H3,(H,16,17,18). The number of aromatic nitrogens is 3. The van der Waals surface area contributed by atoms with Crippen molar-refractivity contribution in [1.29, 1.82) is 0 Å². The van der Waals surface area contributed by atoms with Gasteiger partial charge in [-0.3, -0.25) is 9.59 Å². The number of rotatable bonds is 3. The number of H-pyrrole nitrogens is 1. The topological polar surface area (TPSA) is 88.2 Å². The molecule has 1 aliphatic heterocycles. The summed E-state index contributed by atoms with van der Waals surface area (Å²) in [5.41, 5.74) is 1.75. The van der Waals surface area contributed by atoms with Gasteiger partial charge >= 0.3 is 5.97 Å². The molecule has 22 heavy (non-hydrogen) atoms. The first-order chi connectivity index (χ1) is 10.7. The summed E-state index contributed by atoms with van der Waals surface area (Å²) < 4.78 is 5.05. The number of nitrogens with zero attached hydrogens (tertiary/aromatic N) is 3. The fraction of sp³-hybridized carbons (Fsp3) is 0.467. The van der Waals surface area contributed by atoms with Gasteiger partial charge in [0.05, 0.1) is 29.9 Å². The number of imidazole rings is 1. The van der Waals surface area contributed by atoms with E-state index in [1.165, 1.54) is 6.33 Å². The maximum atomic E-state index is 12.6. The Hall–Kier alpha value is -2.44. The summed E-state index contributed by atoms with van der Waals surface area (Å²) in [5, 5.41) is 0. The van der Waals surface area contributed by atoms with Crippen LogP contribution in [0.3, 0.4) is 0 Å². The van der Waals surface area contributed by atoms with Gasteiger partial charge < -0.3 is 14.6 Å². The molecule has 0 aliphatic carbocycles. The molecule has 1 N–H and O–H groups in total. The zero-order valence-electron chi connectivity index (χ0n) is 12.4. The second-order valence-corrected chi connectivity index (χ2v) is 5.28. The lowest BCUT2D eigenvalue weighted by Crippen LogP contribution is -2.40. The maximum absolute atomic E-state index is 12.6. The second-order valence-electron chi connectivity index (χ2n) is 5.28. The molecule has 0 atom stereocenters. The predicted molar refractivity (Wildman–Crippen MR) is 79.1 cm³/mol. The summed E-state index contributed by atoms with van der Waals surface area (Å²) in [7, 11) is 0. The number of aromatic amines is 1. The predicted octanol–water partition coefficient (Wildman–Crippen LogP) is 1.37. The number of amides is 1. The van der Waals surface area contributed by atoms with Crippen molar-refractivity contribution in [1.82, 2.24) is 19.9 Å². The van der Waals surface area contributed by atoms with Gasteiger partial charge in [0.15, 0.2) is 5.65 Å². The van der Waals surface area contributed by atoms with Crippen LogP contribution in [0.4, 0.5) is 0 Å². The van der Waals surface area contributed by atoms with E-state index in [0.29, 0.717) is 49.3 Å². The van der Waals surface area contributed by atoms with Crippen LogP contribution >= 0.6 is 0 Å². The van der Waals surface area contributed by atoms with Gasteiger partial charge in [-0.2, -0.15) is 0 Å². The van der Waals surface area contributed by atoms with Crippen LogP contribution in [-0.4, -0.2) is 51.4 Å². The molecule has 7 heteroatoms. The molecule has 1 fully saturated rings. The number of esters is 1. The molecule has 1 aliphatic rings. The quantitative estimate of drug-likeness (QED) is 0.865. The normalized spacial score (nSPS) is 16.0. The van der Waals surface area contributed by atoms with E-state index in [4.69, 9.17) is 4.74 Å². The SMILES string of the molecule is CCOC(=O)C1CCN(C(=O)c2ccnc3nc[nH]c23)CC1. The van der Waals surface area contributed by atoms with E-state index in [2.05, 4.69) is 15.0 Å². The van der Waals surface area contributed by atoms with Crippen molar-refractivity contribution in [3.63, 3.8) is 0 Å². The zero-order valence-corrected chi connectivity index (χ0v) is 12.4. The Balaban J connectivity index is 1.70. The summed E-state index contributed by atoms with van der Waals surface area (Å²) in [5.74, 6) is -0.318. The molecule has 0 unspecified atom stereocenters. The smallest absolute Gasteiger partial charge is 0.309 e. The van der Waals surface area contributed by atoms with E-state index in [1.54, 1.807) is 24.1 Å². The van der Waals surface area contributed by atoms with Crippen LogP contribution in [0.15, 0.2) is 18.6 Å². The first-order valence-corrected chi connectivity index (χ1v) is 7.44. The Bertz CT molecular complexity index is 689. The van der Waals surface area contributed by atoms with Crippen molar-refractivity contribution in [2.45, 2.75) is 19.8 Å². The molecular weight excluding hydrogens is 284 g/mol. The first kappa shape index (κ1) is 14.5. The molecular formula is C15H18N4O3.